The molecule has 4 nitrogen and oxygen atoms in total. The van der Waals surface area contributed by atoms with Gasteiger partial charge in [0.25, 0.3) is 6.79 Å². The highest BCUT2D eigenvalue weighted by Crippen LogP contribution is 2.27. The summed E-state index contributed by atoms with van der Waals surface area (Å²) in [6.07, 6.45) is 0. The van der Waals surface area contributed by atoms with Crippen molar-refractivity contribution in [2.75, 3.05) is 6.79 Å². The number of hydrogen-bond acceptors (Lipinski definition) is 5. The largest absolute Gasteiger partial charge is 0.455 e. The van der Waals surface area contributed by atoms with Gasteiger partial charge in [-0.15, -0.1) is 0 Å². The first-order chi connectivity index (χ1) is 13.2. The minimum absolute atomic E-state index is 0.0543. The molecule has 0 bridgehead atoms. The maximum atomic E-state index is 12.4. The number of Topliss-reactive ketones (excluding diaryl/α,β-unsaturated/α-hetero) is 1. The molecule has 0 aliphatic carbocycles. The Morgan fingerprint density at radius 2 is 1.44 bits per heavy atom. The van der Waals surface area contributed by atoms with Crippen molar-refractivity contribution in [1.82, 2.24) is 0 Å². The first-order valence-corrected chi connectivity index (χ1v) is 9.26. The van der Waals surface area contributed by atoms with Crippen molar-refractivity contribution in [3.63, 3.8) is 0 Å². The smallest absolute Gasteiger partial charge is 0.255 e. The average molecular weight is 377 g/mol. The number of benzene rings is 3. The molecule has 0 atom stereocenters. The van der Waals surface area contributed by atoms with Crippen LogP contribution in [0.1, 0.15) is 17.3 Å². The molecule has 0 fully saturated rings. The number of ether oxygens (including phenoxy) is 1. The molecule has 0 saturated carbocycles. The van der Waals surface area contributed by atoms with Gasteiger partial charge < -0.3 is 9.57 Å². The molecular weight excluding hydrogens is 358 g/mol. The van der Waals surface area contributed by atoms with E-state index in [9.17, 15) is 4.79 Å². The number of ketones is 1. The standard InChI is InChI=1S/C22H19NO3S/c1-17(23-26-16-25-19-8-4-2-5-9-19)22(24)18-12-14-21(15-13-18)27-20-10-6-3-7-11-20/h2-15H,16H2,1H3/b23-17+. The molecule has 0 saturated heterocycles. The zero-order valence-electron chi connectivity index (χ0n) is 14.9. The monoisotopic (exact) mass is 377 g/mol. The van der Waals surface area contributed by atoms with Gasteiger partial charge >= 0.3 is 0 Å². The van der Waals surface area contributed by atoms with Gasteiger partial charge in [0, 0.05) is 15.4 Å². The molecule has 27 heavy (non-hydrogen) atoms. The Labute approximate surface area is 162 Å². The topological polar surface area (TPSA) is 47.9 Å². The van der Waals surface area contributed by atoms with Crippen molar-refractivity contribution in [3.05, 3.63) is 90.5 Å². The van der Waals surface area contributed by atoms with E-state index in [1.165, 1.54) is 0 Å². The van der Waals surface area contributed by atoms with Crippen LogP contribution >= 0.6 is 11.8 Å². The second-order valence-corrected chi connectivity index (χ2v) is 6.80. The molecule has 0 radical (unpaired) electrons. The number of rotatable bonds is 8. The maximum Gasteiger partial charge on any atom is 0.255 e. The summed E-state index contributed by atoms with van der Waals surface area (Å²) in [4.78, 5) is 19.7. The third-order valence-electron chi connectivity index (χ3n) is 3.65. The molecular formula is C22H19NO3S. The van der Waals surface area contributed by atoms with E-state index in [0.29, 0.717) is 11.3 Å². The Balaban J connectivity index is 1.53. The number of oxime groups is 1. The quantitative estimate of drug-likeness (QED) is 0.172. The van der Waals surface area contributed by atoms with Crippen LogP contribution in [0.3, 0.4) is 0 Å². The molecule has 0 heterocycles. The number of carbonyl (C=O) groups excluding carboxylic acids is 1. The molecule has 0 unspecified atom stereocenters. The zero-order valence-corrected chi connectivity index (χ0v) is 15.7. The normalized spacial score (nSPS) is 11.1. The van der Waals surface area contributed by atoms with E-state index in [4.69, 9.17) is 9.57 Å². The van der Waals surface area contributed by atoms with Gasteiger partial charge in [-0.25, -0.2) is 0 Å². The third-order valence-corrected chi connectivity index (χ3v) is 4.66. The van der Waals surface area contributed by atoms with Crippen molar-refractivity contribution in [1.29, 1.82) is 0 Å². The summed E-state index contributed by atoms with van der Waals surface area (Å²) < 4.78 is 5.37. The minimum atomic E-state index is -0.175. The van der Waals surface area contributed by atoms with E-state index in [1.54, 1.807) is 30.8 Å². The minimum Gasteiger partial charge on any atom is -0.455 e. The molecule has 0 aromatic heterocycles. The molecule has 0 aliphatic rings. The SMILES string of the molecule is C/C(=N\OCOc1ccccc1)C(=O)c1ccc(Sc2ccccc2)cc1. The van der Waals surface area contributed by atoms with Gasteiger partial charge in [0.15, 0.2) is 0 Å². The Bertz CT molecular complexity index is 894. The van der Waals surface area contributed by atoms with Crippen molar-refractivity contribution in [2.45, 2.75) is 16.7 Å². The van der Waals surface area contributed by atoms with Gasteiger partial charge in [0.05, 0.1) is 0 Å². The third kappa shape index (κ3) is 5.72. The van der Waals surface area contributed by atoms with Gasteiger partial charge in [-0.05, 0) is 55.5 Å². The molecule has 0 spiro atoms. The summed E-state index contributed by atoms with van der Waals surface area (Å²) in [5, 5.41) is 3.84. The maximum absolute atomic E-state index is 12.4. The van der Waals surface area contributed by atoms with E-state index < -0.39 is 0 Å². The van der Waals surface area contributed by atoms with E-state index in [-0.39, 0.29) is 18.3 Å². The number of nitrogens with zero attached hydrogens (tertiary/aromatic N) is 1. The summed E-state index contributed by atoms with van der Waals surface area (Å²) in [5.74, 6) is 0.508. The summed E-state index contributed by atoms with van der Waals surface area (Å²) in [5.41, 5.74) is 0.844. The van der Waals surface area contributed by atoms with Crippen LogP contribution in [0.25, 0.3) is 0 Å². The summed E-state index contributed by atoms with van der Waals surface area (Å²) in [6, 6.07) is 26.8. The van der Waals surface area contributed by atoms with E-state index in [2.05, 4.69) is 17.3 Å². The Morgan fingerprint density at radius 1 is 0.852 bits per heavy atom. The molecule has 5 heteroatoms. The average Bonchev–Trinajstić information content (AvgIpc) is 2.72. The van der Waals surface area contributed by atoms with Crippen LogP contribution in [0.15, 0.2) is 99.9 Å². The van der Waals surface area contributed by atoms with Crippen LogP contribution in [0, 0.1) is 0 Å². The predicted molar refractivity (Wildman–Crippen MR) is 107 cm³/mol. The van der Waals surface area contributed by atoms with Crippen molar-refractivity contribution in [3.8, 4) is 5.75 Å². The van der Waals surface area contributed by atoms with Crippen LogP contribution in [-0.2, 0) is 4.84 Å². The highest BCUT2D eigenvalue weighted by molar-refractivity contribution is 7.99. The lowest BCUT2D eigenvalue weighted by atomic mass is 10.1. The second-order valence-electron chi connectivity index (χ2n) is 5.65. The van der Waals surface area contributed by atoms with Crippen LogP contribution in [-0.4, -0.2) is 18.3 Å². The lowest BCUT2D eigenvalue weighted by Crippen LogP contribution is -2.12. The summed E-state index contributed by atoms with van der Waals surface area (Å²) in [6.45, 7) is 1.57. The van der Waals surface area contributed by atoms with E-state index in [1.807, 2.05) is 60.7 Å². The van der Waals surface area contributed by atoms with Gasteiger partial charge in [-0.1, -0.05) is 53.3 Å². The molecule has 3 aromatic carbocycles. The molecule has 0 aliphatic heterocycles. The van der Waals surface area contributed by atoms with Crippen LogP contribution in [0.2, 0.25) is 0 Å². The van der Waals surface area contributed by atoms with Crippen LogP contribution < -0.4 is 4.74 Å². The molecule has 136 valence electrons. The van der Waals surface area contributed by atoms with Gasteiger partial charge in [-0.3, -0.25) is 4.79 Å². The van der Waals surface area contributed by atoms with E-state index in [0.717, 1.165) is 9.79 Å². The van der Waals surface area contributed by atoms with Gasteiger partial charge in [0.1, 0.15) is 11.5 Å². The zero-order chi connectivity index (χ0) is 18.9. The fourth-order valence-electron chi connectivity index (χ4n) is 2.28. The first kappa shape index (κ1) is 18.7. The molecule has 0 N–H and O–H groups in total. The lowest BCUT2D eigenvalue weighted by Gasteiger charge is -2.05. The fraction of sp³-hybridized carbons (Fsp3) is 0.0909. The lowest BCUT2D eigenvalue weighted by molar-refractivity contribution is 0.0186. The van der Waals surface area contributed by atoms with Crippen molar-refractivity contribution < 1.29 is 14.4 Å². The second kappa shape index (κ2) is 9.59. The van der Waals surface area contributed by atoms with Crippen molar-refractivity contribution in [2.24, 2.45) is 5.16 Å². The van der Waals surface area contributed by atoms with Crippen LogP contribution in [0.4, 0.5) is 0 Å². The Hall–Kier alpha value is -3.05. The Kier molecular flexibility index (Phi) is 6.66. The fourth-order valence-corrected chi connectivity index (χ4v) is 3.12. The predicted octanol–water partition coefficient (Wildman–Crippen LogP) is 5.45. The van der Waals surface area contributed by atoms with Crippen molar-refractivity contribution >= 4 is 23.3 Å². The highest BCUT2D eigenvalue weighted by Gasteiger charge is 2.10. The van der Waals surface area contributed by atoms with Gasteiger partial charge in [-0.2, -0.15) is 0 Å². The molecule has 0 amide bonds. The summed E-state index contributed by atoms with van der Waals surface area (Å²) >= 11 is 1.65. The first-order valence-electron chi connectivity index (χ1n) is 8.44. The Morgan fingerprint density at radius 3 is 2.11 bits per heavy atom. The number of para-hydroxylation sites is 1. The van der Waals surface area contributed by atoms with Gasteiger partial charge in [0.2, 0.25) is 5.78 Å². The van der Waals surface area contributed by atoms with E-state index >= 15 is 0 Å². The number of hydrogen-bond donors (Lipinski definition) is 0. The molecule has 3 rings (SSSR count). The molecule has 3 aromatic rings. The number of carbonyl (C=O) groups is 1. The highest BCUT2D eigenvalue weighted by atomic mass is 32.2. The summed E-state index contributed by atoms with van der Waals surface area (Å²) in [7, 11) is 0. The van der Waals surface area contributed by atoms with Crippen LogP contribution in [0.5, 0.6) is 5.75 Å².